The number of aryl methyl sites for hydroxylation is 2. The molecule has 1 amide bonds. The Balaban J connectivity index is 1.36. The van der Waals surface area contributed by atoms with Crippen molar-refractivity contribution in [3.63, 3.8) is 0 Å². The number of carboxylic acid groups (broad SMARTS) is 1. The Labute approximate surface area is 298 Å². The van der Waals surface area contributed by atoms with Gasteiger partial charge in [0.1, 0.15) is 23.4 Å². The fraction of sp³-hybridized carbons (Fsp3) is 0.395. The predicted octanol–water partition coefficient (Wildman–Crippen LogP) is 5.67. The van der Waals surface area contributed by atoms with Crippen molar-refractivity contribution in [1.82, 2.24) is 29.5 Å². The number of hydrogen-bond acceptors (Lipinski definition) is 10. The number of rotatable bonds is 14. The predicted molar refractivity (Wildman–Crippen MR) is 195 cm³/mol. The number of ether oxygens (including phenoxy) is 2. The molecule has 6 rings (SSSR count). The number of aliphatic hydroxyl groups excluding tert-OH is 1. The fourth-order valence-corrected chi connectivity index (χ4v) is 6.42. The highest BCUT2D eigenvalue weighted by Gasteiger charge is 2.26. The van der Waals surface area contributed by atoms with Gasteiger partial charge >= 0.3 is 6.09 Å². The molecule has 2 N–H and O–H groups in total. The Bertz CT molecular complexity index is 1870. The van der Waals surface area contributed by atoms with Gasteiger partial charge in [-0.2, -0.15) is 5.10 Å². The molecule has 13 nitrogen and oxygen atoms in total. The summed E-state index contributed by atoms with van der Waals surface area (Å²) in [6.07, 6.45) is 5.15. The summed E-state index contributed by atoms with van der Waals surface area (Å²) in [4.78, 5) is 31.7. The summed E-state index contributed by atoms with van der Waals surface area (Å²) < 4.78 is 12.5. The van der Waals surface area contributed by atoms with Crippen LogP contribution < -0.4 is 19.3 Å². The average Bonchev–Trinajstić information content (AvgIpc) is 3.58. The normalized spacial score (nSPS) is 13.7. The number of aliphatic hydroxyl groups is 1. The monoisotopic (exact) mass is 694 g/mol. The van der Waals surface area contributed by atoms with Gasteiger partial charge in [-0.1, -0.05) is 44.0 Å². The number of benzene rings is 2. The SMILES string of the molecule is CCCCCc1nc(N(Cc2ccc(OC)cc2)Cc2ccc(OC)cc2)c2ncc(C(O)c3cnc(N4CCN(C(=O)O)CC4)c(C)c3)n2n1. The number of carbonyl (C=O) groups is 1. The highest BCUT2D eigenvalue weighted by atomic mass is 16.5. The molecule has 1 fully saturated rings. The minimum Gasteiger partial charge on any atom is -0.497 e. The molecule has 268 valence electrons. The van der Waals surface area contributed by atoms with Gasteiger partial charge in [0.2, 0.25) is 0 Å². The van der Waals surface area contributed by atoms with Crippen molar-refractivity contribution in [2.45, 2.75) is 58.7 Å². The maximum Gasteiger partial charge on any atom is 0.407 e. The van der Waals surface area contributed by atoms with Crippen molar-refractivity contribution in [2.24, 2.45) is 0 Å². The average molecular weight is 695 g/mol. The summed E-state index contributed by atoms with van der Waals surface area (Å²) in [5.41, 5.74) is 4.72. The minimum atomic E-state index is -1.05. The fourth-order valence-electron chi connectivity index (χ4n) is 6.42. The van der Waals surface area contributed by atoms with E-state index in [0.717, 1.165) is 53.3 Å². The first-order valence-corrected chi connectivity index (χ1v) is 17.4. The third-order valence-electron chi connectivity index (χ3n) is 9.30. The lowest BCUT2D eigenvalue weighted by Crippen LogP contribution is -2.48. The summed E-state index contributed by atoms with van der Waals surface area (Å²) in [6, 6.07) is 17.9. The number of piperazine rings is 1. The van der Waals surface area contributed by atoms with E-state index < -0.39 is 12.2 Å². The number of unbranched alkanes of at least 4 members (excludes halogenated alkanes) is 2. The zero-order valence-electron chi connectivity index (χ0n) is 29.7. The Morgan fingerprint density at radius 2 is 1.53 bits per heavy atom. The van der Waals surface area contributed by atoms with Gasteiger partial charge in [-0.25, -0.2) is 24.3 Å². The van der Waals surface area contributed by atoms with Gasteiger partial charge in [0.15, 0.2) is 17.3 Å². The zero-order chi connectivity index (χ0) is 35.9. The van der Waals surface area contributed by atoms with E-state index in [9.17, 15) is 15.0 Å². The first-order valence-electron chi connectivity index (χ1n) is 17.4. The van der Waals surface area contributed by atoms with Gasteiger partial charge in [-0.3, -0.25) is 0 Å². The Morgan fingerprint density at radius 1 is 0.902 bits per heavy atom. The second-order valence-corrected chi connectivity index (χ2v) is 12.8. The van der Waals surface area contributed by atoms with Crippen LogP contribution in [0.4, 0.5) is 16.4 Å². The van der Waals surface area contributed by atoms with Crippen molar-refractivity contribution in [2.75, 3.05) is 50.2 Å². The van der Waals surface area contributed by atoms with Crippen LogP contribution in [0.2, 0.25) is 0 Å². The van der Waals surface area contributed by atoms with Crippen molar-refractivity contribution < 1.29 is 24.5 Å². The van der Waals surface area contributed by atoms with Crippen LogP contribution in [0.5, 0.6) is 11.5 Å². The van der Waals surface area contributed by atoms with Gasteiger partial charge in [0, 0.05) is 57.4 Å². The molecular weight excluding hydrogens is 648 g/mol. The molecule has 13 heteroatoms. The van der Waals surface area contributed by atoms with Crippen LogP contribution in [-0.2, 0) is 19.5 Å². The molecule has 0 saturated carbocycles. The molecule has 0 radical (unpaired) electrons. The summed E-state index contributed by atoms with van der Waals surface area (Å²) in [6.45, 7) is 7.17. The quantitative estimate of drug-likeness (QED) is 0.139. The second kappa shape index (κ2) is 16.1. The van der Waals surface area contributed by atoms with Crippen LogP contribution in [-0.4, -0.2) is 86.2 Å². The lowest BCUT2D eigenvalue weighted by Gasteiger charge is -2.34. The van der Waals surface area contributed by atoms with E-state index in [1.54, 1.807) is 31.1 Å². The number of methoxy groups -OCH3 is 2. The molecular formula is C38H46N8O5. The molecule has 1 saturated heterocycles. The smallest absolute Gasteiger partial charge is 0.407 e. The molecule has 4 heterocycles. The first-order chi connectivity index (χ1) is 24.8. The summed E-state index contributed by atoms with van der Waals surface area (Å²) in [7, 11) is 3.31. The number of aromatic nitrogens is 5. The van der Waals surface area contributed by atoms with E-state index in [1.165, 1.54) is 4.90 Å². The van der Waals surface area contributed by atoms with Crippen molar-refractivity contribution in [3.8, 4) is 11.5 Å². The zero-order valence-corrected chi connectivity index (χ0v) is 29.7. The minimum absolute atomic E-state index is 0.416. The number of fused-ring (bicyclic) bond motifs is 1. The third kappa shape index (κ3) is 8.15. The van der Waals surface area contributed by atoms with Crippen LogP contribution >= 0.6 is 0 Å². The molecule has 1 unspecified atom stereocenters. The van der Waals surface area contributed by atoms with E-state index in [0.29, 0.717) is 74.2 Å². The lowest BCUT2D eigenvalue weighted by molar-refractivity contribution is 0.142. The largest absolute Gasteiger partial charge is 0.497 e. The van der Waals surface area contributed by atoms with E-state index in [2.05, 4.69) is 16.7 Å². The lowest BCUT2D eigenvalue weighted by atomic mass is 10.1. The third-order valence-corrected chi connectivity index (χ3v) is 9.30. The summed E-state index contributed by atoms with van der Waals surface area (Å²) in [5, 5.41) is 26.1. The number of pyridine rings is 1. The van der Waals surface area contributed by atoms with E-state index in [-0.39, 0.29) is 0 Å². The number of imidazole rings is 1. The molecule has 51 heavy (non-hydrogen) atoms. The molecule has 1 atom stereocenters. The van der Waals surface area contributed by atoms with Gasteiger partial charge in [-0.15, -0.1) is 0 Å². The Hall–Kier alpha value is -5.43. The van der Waals surface area contributed by atoms with Crippen LogP contribution in [0.1, 0.15) is 66.1 Å². The topological polar surface area (TPSA) is 142 Å². The maximum atomic E-state index is 11.8. The van der Waals surface area contributed by atoms with E-state index in [1.807, 2.05) is 61.5 Å². The molecule has 2 aromatic carbocycles. The van der Waals surface area contributed by atoms with Crippen molar-refractivity contribution in [1.29, 1.82) is 0 Å². The molecule has 0 bridgehead atoms. The van der Waals surface area contributed by atoms with Crippen molar-refractivity contribution >= 4 is 23.4 Å². The maximum absolute atomic E-state index is 11.8. The molecule has 1 aliphatic heterocycles. The van der Waals surface area contributed by atoms with Gasteiger partial charge in [0.05, 0.1) is 26.1 Å². The van der Waals surface area contributed by atoms with Gasteiger partial charge in [0.25, 0.3) is 0 Å². The second-order valence-electron chi connectivity index (χ2n) is 12.8. The molecule has 5 aromatic rings. The number of nitrogens with zero attached hydrogens (tertiary/aromatic N) is 8. The molecule has 3 aromatic heterocycles. The number of hydrogen-bond donors (Lipinski definition) is 2. The van der Waals surface area contributed by atoms with Crippen LogP contribution in [0.25, 0.3) is 5.65 Å². The summed E-state index contributed by atoms with van der Waals surface area (Å²) in [5.74, 6) is 3.70. The number of amides is 1. The van der Waals surface area contributed by atoms with E-state index >= 15 is 0 Å². The molecule has 0 aliphatic carbocycles. The van der Waals surface area contributed by atoms with E-state index in [4.69, 9.17) is 29.5 Å². The highest BCUT2D eigenvalue weighted by Crippen LogP contribution is 2.30. The molecule has 0 spiro atoms. The van der Waals surface area contributed by atoms with Gasteiger partial charge < -0.3 is 34.4 Å². The summed E-state index contributed by atoms with van der Waals surface area (Å²) >= 11 is 0. The van der Waals surface area contributed by atoms with Crippen LogP contribution in [0.3, 0.4) is 0 Å². The standard InChI is InChI=1S/C38H46N8O5/c1-5-6-7-8-33-41-37(45(24-27-9-13-30(50-3)14-10-27)25-28-11-15-31(51-4)16-12-28)36-40-23-32(46(36)42-33)34(47)29-21-26(2)35(39-22-29)43-17-19-44(20-18-43)38(48)49/h9-16,21-23,34,47H,5-8,17-20,24-25H2,1-4H3,(H,48,49). The first kappa shape index (κ1) is 35.4. The van der Waals surface area contributed by atoms with Crippen LogP contribution in [0.15, 0.2) is 67.0 Å². The highest BCUT2D eigenvalue weighted by molar-refractivity contribution is 5.66. The number of anilines is 2. The van der Waals surface area contributed by atoms with Crippen molar-refractivity contribution in [3.05, 3.63) is 101 Å². The Kier molecular flexibility index (Phi) is 11.2. The van der Waals surface area contributed by atoms with Gasteiger partial charge in [-0.05, 0) is 60.4 Å². The Morgan fingerprint density at radius 3 is 2.08 bits per heavy atom. The molecule has 1 aliphatic rings. The van der Waals surface area contributed by atoms with Crippen LogP contribution in [0, 0.1) is 6.92 Å².